The van der Waals surface area contributed by atoms with Crippen LogP contribution >= 0.6 is 0 Å². The summed E-state index contributed by atoms with van der Waals surface area (Å²) in [6, 6.07) is 6.30. The molecule has 1 fully saturated rings. The van der Waals surface area contributed by atoms with E-state index >= 15 is 0 Å². The molecule has 21 heavy (non-hydrogen) atoms. The highest BCUT2D eigenvalue weighted by molar-refractivity contribution is 5.76. The van der Waals surface area contributed by atoms with Gasteiger partial charge in [0.2, 0.25) is 5.91 Å². The maximum absolute atomic E-state index is 11.9. The molecule has 114 valence electrons. The molecule has 5 nitrogen and oxygen atoms in total. The molecule has 0 bridgehead atoms. The van der Waals surface area contributed by atoms with Gasteiger partial charge in [-0.3, -0.25) is 4.79 Å². The predicted octanol–water partition coefficient (Wildman–Crippen LogP) is 1.01. The first kappa shape index (κ1) is 14.4. The van der Waals surface area contributed by atoms with Crippen LogP contribution in [0.1, 0.15) is 24.0 Å². The Kier molecular flexibility index (Phi) is 4.72. The summed E-state index contributed by atoms with van der Waals surface area (Å²) in [7, 11) is 0. The number of hydrogen-bond donors (Lipinski definition) is 2. The topological polar surface area (TPSA) is 59.6 Å². The van der Waals surface area contributed by atoms with Gasteiger partial charge in [-0.05, 0) is 30.0 Å². The molecule has 0 aliphatic carbocycles. The summed E-state index contributed by atoms with van der Waals surface area (Å²) in [6.45, 7) is 3.54. The second-order valence-electron chi connectivity index (χ2n) is 5.60. The van der Waals surface area contributed by atoms with Crippen LogP contribution in [0.4, 0.5) is 0 Å². The average molecular weight is 290 g/mol. The zero-order valence-corrected chi connectivity index (χ0v) is 12.2. The van der Waals surface area contributed by atoms with Crippen molar-refractivity contribution in [2.75, 3.05) is 26.4 Å². The standard InChI is InChI=1S/C16H22N2O3/c19-16(9-14-11-20-7-5-17-14)18-10-12-3-4-15-13(8-12)2-1-6-21-15/h3-4,8,14,17H,1-2,5-7,9-11H2,(H,18,19)/t14-/m0/s1. The van der Waals surface area contributed by atoms with Crippen LogP contribution in [0, 0.1) is 0 Å². The monoisotopic (exact) mass is 290 g/mol. The summed E-state index contributed by atoms with van der Waals surface area (Å²) in [5, 5.41) is 6.26. The van der Waals surface area contributed by atoms with E-state index in [0.29, 0.717) is 19.6 Å². The molecule has 3 rings (SSSR count). The van der Waals surface area contributed by atoms with Crippen molar-refractivity contribution in [2.45, 2.75) is 31.8 Å². The van der Waals surface area contributed by atoms with Crippen molar-refractivity contribution in [3.63, 3.8) is 0 Å². The number of ether oxygens (including phenoxy) is 2. The molecule has 1 amide bonds. The third-order valence-electron chi connectivity index (χ3n) is 3.89. The highest BCUT2D eigenvalue weighted by atomic mass is 16.5. The number of carbonyl (C=O) groups is 1. The molecule has 1 aromatic carbocycles. The van der Waals surface area contributed by atoms with Crippen LogP contribution < -0.4 is 15.4 Å². The second-order valence-corrected chi connectivity index (χ2v) is 5.60. The lowest BCUT2D eigenvalue weighted by Crippen LogP contribution is -2.44. The van der Waals surface area contributed by atoms with E-state index in [0.717, 1.165) is 43.9 Å². The van der Waals surface area contributed by atoms with E-state index in [9.17, 15) is 4.79 Å². The van der Waals surface area contributed by atoms with Crippen molar-refractivity contribution >= 4 is 5.91 Å². The summed E-state index contributed by atoms with van der Waals surface area (Å²) >= 11 is 0. The van der Waals surface area contributed by atoms with Gasteiger partial charge < -0.3 is 20.1 Å². The molecule has 2 aliphatic rings. The van der Waals surface area contributed by atoms with Gasteiger partial charge in [-0.15, -0.1) is 0 Å². The third-order valence-corrected chi connectivity index (χ3v) is 3.89. The number of carbonyl (C=O) groups excluding carboxylic acids is 1. The minimum absolute atomic E-state index is 0.0620. The molecule has 0 spiro atoms. The maximum atomic E-state index is 11.9. The van der Waals surface area contributed by atoms with Gasteiger partial charge in [-0.1, -0.05) is 12.1 Å². The molecule has 2 heterocycles. The van der Waals surface area contributed by atoms with E-state index in [1.807, 2.05) is 12.1 Å². The van der Waals surface area contributed by atoms with Crippen LogP contribution in [-0.2, 0) is 22.5 Å². The number of morpholine rings is 1. The summed E-state index contributed by atoms with van der Waals surface area (Å²) in [5.74, 6) is 1.05. The zero-order chi connectivity index (χ0) is 14.5. The van der Waals surface area contributed by atoms with Crippen molar-refractivity contribution < 1.29 is 14.3 Å². The van der Waals surface area contributed by atoms with Crippen LogP contribution in [0.15, 0.2) is 18.2 Å². The zero-order valence-electron chi connectivity index (χ0n) is 12.2. The van der Waals surface area contributed by atoms with Gasteiger partial charge in [0, 0.05) is 25.6 Å². The van der Waals surface area contributed by atoms with E-state index in [2.05, 4.69) is 16.7 Å². The number of fused-ring (bicyclic) bond motifs is 1. The first-order valence-corrected chi connectivity index (χ1v) is 7.64. The Morgan fingerprint density at radius 2 is 2.33 bits per heavy atom. The number of aryl methyl sites for hydroxylation is 1. The van der Waals surface area contributed by atoms with E-state index in [4.69, 9.17) is 9.47 Å². The maximum Gasteiger partial charge on any atom is 0.221 e. The van der Waals surface area contributed by atoms with E-state index in [-0.39, 0.29) is 11.9 Å². The predicted molar refractivity (Wildman–Crippen MR) is 79.3 cm³/mol. The van der Waals surface area contributed by atoms with Gasteiger partial charge in [0.05, 0.1) is 19.8 Å². The molecule has 1 aromatic rings. The first-order chi connectivity index (χ1) is 10.3. The summed E-state index contributed by atoms with van der Waals surface area (Å²) in [6.07, 6.45) is 2.59. The van der Waals surface area contributed by atoms with Crippen LogP contribution in [0.2, 0.25) is 0 Å². The van der Waals surface area contributed by atoms with E-state index < -0.39 is 0 Å². The second kappa shape index (κ2) is 6.91. The number of rotatable bonds is 4. The minimum atomic E-state index is 0.0620. The Hall–Kier alpha value is -1.59. The SMILES string of the molecule is O=C(C[C@H]1COCCN1)NCc1ccc2c(c1)CCCO2. The summed E-state index contributed by atoms with van der Waals surface area (Å²) in [4.78, 5) is 11.9. The highest BCUT2D eigenvalue weighted by Crippen LogP contribution is 2.25. The fourth-order valence-electron chi connectivity index (χ4n) is 2.77. The largest absolute Gasteiger partial charge is 0.493 e. The number of benzene rings is 1. The third kappa shape index (κ3) is 3.95. The van der Waals surface area contributed by atoms with Crippen molar-refractivity contribution in [1.82, 2.24) is 10.6 Å². The summed E-state index contributed by atoms with van der Waals surface area (Å²) < 4.78 is 10.9. The van der Waals surface area contributed by atoms with Crippen molar-refractivity contribution in [3.05, 3.63) is 29.3 Å². The lowest BCUT2D eigenvalue weighted by atomic mass is 10.0. The molecule has 0 saturated carbocycles. The van der Waals surface area contributed by atoms with Crippen LogP contribution in [0.25, 0.3) is 0 Å². The lowest BCUT2D eigenvalue weighted by molar-refractivity contribution is -0.122. The normalized spacial score (nSPS) is 21.2. The van der Waals surface area contributed by atoms with Gasteiger partial charge in [0.25, 0.3) is 0 Å². The van der Waals surface area contributed by atoms with Gasteiger partial charge in [0.15, 0.2) is 0 Å². The summed E-state index contributed by atoms with van der Waals surface area (Å²) in [5.41, 5.74) is 2.37. The lowest BCUT2D eigenvalue weighted by Gasteiger charge is -2.23. The smallest absolute Gasteiger partial charge is 0.221 e. The molecule has 0 unspecified atom stereocenters. The number of hydrogen-bond acceptors (Lipinski definition) is 4. The Labute approximate surface area is 125 Å². The molecule has 0 aromatic heterocycles. The average Bonchev–Trinajstić information content (AvgIpc) is 2.54. The van der Waals surface area contributed by atoms with Crippen molar-refractivity contribution in [2.24, 2.45) is 0 Å². The molecule has 0 radical (unpaired) electrons. The highest BCUT2D eigenvalue weighted by Gasteiger charge is 2.17. The quantitative estimate of drug-likeness (QED) is 0.869. The van der Waals surface area contributed by atoms with E-state index in [1.165, 1.54) is 5.56 Å². The Morgan fingerprint density at radius 1 is 1.38 bits per heavy atom. The van der Waals surface area contributed by atoms with E-state index in [1.54, 1.807) is 0 Å². The Balaban J connectivity index is 1.49. The Morgan fingerprint density at radius 3 is 3.19 bits per heavy atom. The minimum Gasteiger partial charge on any atom is -0.493 e. The molecule has 5 heteroatoms. The van der Waals surface area contributed by atoms with Crippen LogP contribution in [0.5, 0.6) is 5.75 Å². The number of amides is 1. The van der Waals surface area contributed by atoms with Crippen LogP contribution in [0.3, 0.4) is 0 Å². The van der Waals surface area contributed by atoms with Crippen LogP contribution in [-0.4, -0.2) is 38.3 Å². The molecular formula is C16H22N2O3. The molecule has 1 saturated heterocycles. The molecule has 2 aliphatic heterocycles. The van der Waals surface area contributed by atoms with Gasteiger partial charge in [0.1, 0.15) is 5.75 Å². The van der Waals surface area contributed by atoms with Gasteiger partial charge in [-0.2, -0.15) is 0 Å². The molecular weight excluding hydrogens is 268 g/mol. The fraction of sp³-hybridized carbons (Fsp3) is 0.562. The van der Waals surface area contributed by atoms with Gasteiger partial charge in [-0.25, -0.2) is 0 Å². The molecule has 1 atom stereocenters. The number of nitrogens with one attached hydrogen (secondary N) is 2. The Bertz CT molecular complexity index is 498. The first-order valence-electron chi connectivity index (χ1n) is 7.64. The van der Waals surface area contributed by atoms with Crippen molar-refractivity contribution in [3.8, 4) is 5.75 Å². The molecule has 2 N–H and O–H groups in total. The fourth-order valence-corrected chi connectivity index (χ4v) is 2.77. The van der Waals surface area contributed by atoms with Gasteiger partial charge >= 0.3 is 0 Å². The van der Waals surface area contributed by atoms with Crippen molar-refractivity contribution in [1.29, 1.82) is 0 Å².